The zero-order chi connectivity index (χ0) is 16.6. The van der Waals surface area contributed by atoms with Gasteiger partial charge in [0.25, 0.3) is 0 Å². The SMILES string of the molecule is CCCC[PH+](C12CC3CC(CC(C3)C1)C2)C12CC3CC(CC(C3)C1)C2. The summed E-state index contributed by atoms with van der Waals surface area (Å²) in [5.41, 5.74) is 0. The average molecular weight is 360 g/mol. The molecule has 0 radical (unpaired) electrons. The Hall–Kier alpha value is 0.430. The Labute approximate surface area is 157 Å². The molecule has 25 heavy (non-hydrogen) atoms. The Bertz CT molecular complexity index is 420. The number of rotatable bonds is 5. The third-order valence-electron chi connectivity index (χ3n) is 10.1. The van der Waals surface area contributed by atoms with Gasteiger partial charge in [0.05, 0.1) is 16.5 Å². The van der Waals surface area contributed by atoms with Crippen LogP contribution < -0.4 is 0 Å². The molecule has 0 heterocycles. The largest absolute Gasteiger partial charge is 0.0790 e. The van der Waals surface area contributed by atoms with Crippen LogP contribution in [0.25, 0.3) is 0 Å². The Morgan fingerprint density at radius 1 is 0.600 bits per heavy atom. The number of unbranched alkanes of at least 4 members (excludes halogenated alkanes) is 1. The van der Waals surface area contributed by atoms with E-state index in [2.05, 4.69) is 6.92 Å². The van der Waals surface area contributed by atoms with Gasteiger partial charge in [-0.1, -0.05) is 13.3 Å². The van der Waals surface area contributed by atoms with Crippen LogP contribution in [0.4, 0.5) is 0 Å². The molecule has 140 valence electrons. The van der Waals surface area contributed by atoms with Gasteiger partial charge in [-0.15, -0.1) is 0 Å². The Balaban J connectivity index is 1.37. The summed E-state index contributed by atoms with van der Waals surface area (Å²) in [5.74, 6) is 7.01. The van der Waals surface area contributed by atoms with Gasteiger partial charge in [-0.25, -0.2) is 0 Å². The van der Waals surface area contributed by atoms with E-state index in [-0.39, 0.29) is 7.92 Å². The van der Waals surface area contributed by atoms with Gasteiger partial charge in [0, 0.05) is 7.92 Å². The lowest BCUT2D eigenvalue weighted by atomic mass is 9.55. The smallest absolute Gasteiger partial charge is 0.0652 e. The minimum Gasteiger partial charge on any atom is -0.0652 e. The zero-order valence-electron chi connectivity index (χ0n) is 16.6. The quantitative estimate of drug-likeness (QED) is 0.466. The Morgan fingerprint density at radius 2 is 0.920 bits per heavy atom. The van der Waals surface area contributed by atoms with Gasteiger partial charge in [0.2, 0.25) is 0 Å². The molecule has 0 amide bonds. The van der Waals surface area contributed by atoms with E-state index < -0.39 is 0 Å². The predicted octanol–water partition coefficient (Wildman–Crippen LogP) is 6.94. The van der Waals surface area contributed by atoms with E-state index in [1.807, 2.05) is 0 Å². The fourth-order valence-electron chi connectivity index (χ4n) is 10.4. The number of hydrogen-bond acceptors (Lipinski definition) is 0. The molecule has 1 heteroatoms. The minimum atomic E-state index is -0.196. The summed E-state index contributed by atoms with van der Waals surface area (Å²) in [6, 6.07) is 0. The van der Waals surface area contributed by atoms with E-state index in [1.54, 1.807) is 89.6 Å². The molecule has 8 bridgehead atoms. The Morgan fingerprint density at radius 3 is 1.20 bits per heavy atom. The maximum Gasteiger partial charge on any atom is 0.0790 e. The standard InChI is InChI=1S/C24H39P/c1-2-3-4-25(23-11-17-5-18(12-23)7-19(6-17)13-23)24-14-20-8-21(15-24)10-22(9-20)16-24/h17-22H,2-16H2,1H3/p+1. The van der Waals surface area contributed by atoms with Crippen LogP contribution in [0.15, 0.2) is 0 Å². The second kappa shape index (κ2) is 5.72. The average Bonchev–Trinajstić information content (AvgIpc) is 2.52. The van der Waals surface area contributed by atoms with Crippen LogP contribution in [0.5, 0.6) is 0 Å². The van der Waals surface area contributed by atoms with Crippen molar-refractivity contribution in [2.75, 3.05) is 6.16 Å². The summed E-state index contributed by atoms with van der Waals surface area (Å²) in [6.07, 6.45) is 24.8. The molecule has 0 saturated heterocycles. The van der Waals surface area contributed by atoms with Gasteiger partial charge < -0.3 is 0 Å². The molecule has 8 rings (SSSR count). The zero-order valence-corrected chi connectivity index (χ0v) is 17.6. The number of hydrogen-bond donors (Lipinski definition) is 0. The van der Waals surface area contributed by atoms with Gasteiger partial charge >= 0.3 is 0 Å². The maximum absolute atomic E-state index is 2.46. The highest BCUT2D eigenvalue weighted by Gasteiger charge is 2.66. The normalized spacial score (nSPS) is 56.5. The molecule has 8 fully saturated rings. The van der Waals surface area contributed by atoms with Crippen LogP contribution in [0.1, 0.15) is 96.8 Å². The van der Waals surface area contributed by atoms with Crippen molar-refractivity contribution in [3.8, 4) is 0 Å². The van der Waals surface area contributed by atoms with Crippen LogP contribution in [0.2, 0.25) is 0 Å². The first-order valence-corrected chi connectivity index (χ1v) is 13.7. The molecule has 0 N–H and O–H groups in total. The van der Waals surface area contributed by atoms with Crippen molar-refractivity contribution >= 4 is 7.92 Å². The van der Waals surface area contributed by atoms with E-state index in [4.69, 9.17) is 0 Å². The Kier molecular flexibility index (Phi) is 3.75. The van der Waals surface area contributed by atoms with E-state index in [9.17, 15) is 0 Å². The molecule has 0 aliphatic heterocycles. The van der Waals surface area contributed by atoms with Crippen molar-refractivity contribution in [2.24, 2.45) is 35.5 Å². The minimum absolute atomic E-state index is 0.196. The molecule has 0 aromatic carbocycles. The van der Waals surface area contributed by atoms with Gasteiger partial charge in [-0.05, 0) is 119 Å². The molecule has 0 spiro atoms. The summed E-state index contributed by atoms with van der Waals surface area (Å²) >= 11 is 0. The first-order valence-electron chi connectivity index (χ1n) is 12.0. The molecule has 0 aromatic heterocycles. The summed E-state index contributed by atoms with van der Waals surface area (Å²) in [6.45, 7) is 2.46. The van der Waals surface area contributed by atoms with Crippen molar-refractivity contribution in [1.29, 1.82) is 0 Å². The van der Waals surface area contributed by atoms with Crippen LogP contribution in [0, 0.1) is 35.5 Å². The van der Waals surface area contributed by atoms with E-state index in [0.717, 1.165) is 10.3 Å². The summed E-state index contributed by atoms with van der Waals surface area (Å²) in [7, 11) is -0.196. The monoisotopic (exact) mass is 359 g/mol. The first kappa shape index (κ1) is 16.4. The third kappa shape index (κ3) is 2.48. The molecule has 8 saturated carbocycles. The van der Waals surface area contributed by atoms with Gasteiger partial charge in [0.1, 0.15) is 0 Å². The van der Waals surface area contributed by atoms with Gasteiger partial charge in [-0.3, -0.25) is 0 Å². The lowest BCUT2D eigenvalue weighted by Gasteiger charge is -2.63. The van der Waals surface area contributed by atoms with E-state index >= 15 is 0 Å². The highest BCUT2D eigenvalue weighted by molar-refractivity contribution is 7.61. The van der Waals surface area contributed by atoms with Gasteiger partial charge in [-0.2, -0.15) is 0 Å². The highest BCUT2D eigenvalue weighted by atomic mass is 31.1. The highest BCUT2D eigenvalue weighted by Crippen LogP contribution is 2.78. The predicted molar refractivity (Wildman–Crippen MR) is 110 cm³/mol. The van der Waals surface area contributed by atoms with Crippen LogP contribution in [-0.2, 0) is 0 Å². The lowest BCUT2D eigenvalue weighted by molar-refractivity contribution is 0.0185. The topological polar surface area (TPSA) is 0 Å². The summed E-state index contributed by atoms with van der Waals surface area (Å²) in [5, 5.41) is 1.83. The van der Waals surface area contributed by atoms with Crippen molar-refractivity contribution in [2.45, 2.75) is 107 Å². The third-order valence-corrected chi connectivity index (χ3v) is 14.8. The van der Waals surface area contributed by atoms with Crippen molar-refractivity contribution in [1.82, 2.24) is 0 Å². The summed E-state index contributed by atoms with van der Waals surface area (Å²) < 4.78 is 0. The molecule has 0 nitrogen and oxygen atoms in total. The second-order valence-corrected chi connectivity index (χ2v) is 15.6. The fraction of sp³-hybridized carbons (Fsp3) is 1.00. The van der Waals surface area contributed by atoms with Crippen molar-refractivity contribution in [3.05, 3.63) is 0 Å². The van der Waals surface area contributed by atoms with Crippen LogP contribution in [-0.4, -0.2) is 16.5 Å². The molecule has 8 aliphatic carbocycles. The van der Waals surface area contributed by atoms with Crippen LogP contribution in [0.3, 0.4) is 0 Å². The molecular weight excluding hydrogens is 319 g/mol. The molecular formula is C24H40P+. The van der Waals surface area contributed by atoms with E-state index in [1.165, 1.54) is 41.9 Å². The van der Waals surface area contributed by atoms with E-state index in [0.29, 0.717) is 0 Å². The molecule has 0 unspecified atom stereocenters. The fourth-order valence-corrected chi connectivity index (χ4v) is 16.5. The second-order valence-electron chi connectivity index (χ2n) is 12.0. The van der Waals surface area contributed by atoms with Crippen LogP contribution >= 0.6 is 7.92 Å². The van der Waals surface area contributed by atoms with Gasteiger partial charge in [0.15, 0.2) is 0 Å². The molecule has 8 aliphatic rings. The lowest BCUT2D eigenvalue weighted by Crippen LogP contribution is -2.56. The summed E-state index contributed by atoms with van der Waals surface area (Å²) in [4.78, 5) is 0. The first-order chi connectivity index (χ1) is 12.2. The molecule has 0 aromatic rings. The molecule has 0 atom stereocenters. The van der Waals surface area contributed by atoms with Crippen molar-refractivity contribution < 1.29 is 0 Å². The van der Waals surface area contributed by atoms with Crippen molar-refractivity contribution in [3.63, 3.8) is 0 Å². The maximum atomic E-state index is 2.46.